The molecule has 1 aliphatic carbocycles. The lowest BCUT2D eigenvalue weighted by molar-refractivity contribution is 0.669. The fraction of sp³-hybridized carbons (Fsp3) is 0.423. The molecule has 0 nitrogen and oxygen atoms in total. The minimum Gasteiger partial charge on any atom is -0.0656 e. The van der Waals surface area contributed by atoms with Gasteiger partial charge in [-0.15, -0.1) is 0 Å². The Kier molecular flexibility index (Phi) is 5.68. The minimum absolute atomic E-state index is 0.617. The van der Waals surface area contributed by atoms with E-state index in [1.807, 2.05) is 0 Å². The van der Waals surface area contributed by atoms with Crippen LogP contribution in [0.3, 0.4) is 0 Å². The summed E-state index contributed by atoms with van der Waals surface area (Å²) in [7, 11) is -2.78. The Labute approximate surface area is 175 Å². The van der Waals surface area contributed by atoms with Gasteiger partial charge < -0.3 is 0 Å². The van der Waals surface area contributed by atoms with Crippen molar-refractivity contribution >= 4 is 32.6 Å². The molecule has 0 spiro atoms. The number of rotatable bonds is 5. The summed E-state index contributed by atoms with van der Waals surface area (Å²) in [5.74, 6) is 0.617. The molecular weight excluding hydrogens is 368 g/mol. The topological polar surface area (TPSA) is 0 Å². The first kappa shape index (κ1) is 21.3. The molecule has 3 rings (SSSR count). The average Bonchev–Trinajstić information content (AvgIpc) is 3.03. The van der Waals surface area contributed by atoms with Gasteiger partial charge in [-0.05, 0) is 47.1 Å². The van der Waals surface area contributed by atoms with Crippen LogP contribution in [0.15, 0.2) is 35.9 Å². The van der Waals surface area contributed by atoms with Crippen molar-refractivity contribution in [2.24, 2.45) is 5.92 Å². The molecular formula is C26H37Si2. The van der Waals surface area contributed by atoms with Crippen molar-refractivity contribution in [1.82, 2.24) is 0 Å². The minimum atomic E-state index is -1.39. The first-order valence-corrected chi connectivity index (χ1v) is 17.8. The molecule has 2 aromatic rings. The Morgan fingerprint density at radius 1 is 0.857 bits per heavy atom. The van der Waals surface area contributed by atoms with Crippen molar-refractivity contribution in [3.8, 4) is 11.1 Å². The molecule has 0 bridgehead atoms. The molecule has 1 aliphatic rings. The summed E-state index contributed by atoms with van der Waals surface area (Å²) in [6, 6.07) is 12.2. The van der Waals surface area contributed by atoms with Gasteiger partial charge in [-0.25, -0.2) is 0 Å². The van der Waals surface area contributed by atoms with Crippen molar-refractivity contribution < 1.29 is 0 Å². The SMILES string of the molecule is CCC(C)C1=Cc2c(ccc(C)c2-c2cc([Si](C)(C)C)cc([Si](C)(C)C)c2)[CH]1. The van der Waals surface area contributed by atoms with Crippen LogP contribution in [0, 0.1) is 19.3 Å². The number of fused-ring (bicyclic) bond motifs is 1. The molecule has 0 amide bonds. The summed E-state index contributed by atoms with van der Waals surface area (Å²) in [4.78, 5) is 0. The molecule has 0 saturated carbocycles. The van der Waals surface area contributed by atoms with Crippen LogP contribution in [-0.4, -0.2) is 16.1 Å². The van der Waals surface area contributed by atoms with Crippen molar-refractivity contribution in [2.75, 3.05) is 0 Å². The first-order chi connectivity index (χ1) is 12.9. The smallest absolute Gasteiger partial charge is 0.0656 e. The van der Waals surface area contributed by atoms with Crippen LogP contribution in [0.4, 0.5) is 0 Å². The zero-order valence-corrected chi connectivity index (χ0v) is 21.3. The Morgan fingerprint density at radius 2 is 1.43 bits per heavy atom. The van der Waals surface area contributed by atoms with Crippen molar-refractivity contribution in [3.63, 3.8) is 0 Å². The summed E-state index contributed by atoms with van der Waals surface area (Å²) in [5.41, 5.74) is 8.58. The average molecular weight is 406 g/mol. The fourth-order valence-corrected chi connectivity index (χ4v) is 6.45. The predicted octanol–water partition coefficient (Wildman–Crippen LogP) is 6.75. The summed E-state index contributed by atoms with van der Waals surface area (Å²) >= 11 is 0. The van der Waals surface area contributed by atoms with E-state index >= 15 is 0 Å². The van der Waals surface area contributed by atoms with E-state index in [2.05, 4.69) is 103 Å². The van der Waals surface area contributed by atoms with Gasteiger partial charge in [0.15, 0.2) is 0 Å². The molecule has 0 aromatic heterocycles. The van der Waals surface area contributed by atoms with E-state index < -0.39 is 16.1 Å². The zero-order chi connectivity index (χ0) is 20.9. The molecule has 1 unspecified atom stereocenters. The van der Waals surface area contributed by atoms with E-state index in [0.29, 0.717) is 5.92 Å². The van der Waals surface area contributed by atoms with Crippen molar-refractivity contribution in [3.05, 3.63) is 59.0 Å². The van der Waals surface area contributed by atoms with Crippen LogP contribution in [0.1, 0.15) is 37.0 Å². The number of aryl methyl sites for hydroxylation is 1. The molecule has 1 atom stereocenters. The molecule has 2 aromatic carbocycles. The summed E-state index contributed by atoms with van der Waals surface area (Å²) in [6.45, 7) is 21.7. The van der Waals surface area contributed by atoms with Crippen LogP contribution in [0.2, 0.25) is 39.3 Å². The van der Waals surface area contributed by atoms with Gasteiger partial charge in [-0.2, -0.15) is 0 Å². The fourth-order valence-electron chi connectivity index (χ4n) is 3.96. The van der Waals surface area contributed by atoms with Crippen LogP contribution >= 0.6 is 0 Å². The molecule has 0 N–H and O–H groups in total. The third-order valence-electron chi connectivity index (χ3n) is 6.26. The highest BCUT2D eigenvalue weighted by atomic mass is 28.3. The lowest BCUT2D eigenvalue weighted by Gasteiger charge is -2.25. The van der Waals surface area contributed by atoms with Crippen molar-refractivity contribution in [2.45, 2.75) is 66.5 Å². The Balaban J connectivity index is 2.26. The van der Waals surface area contributed by atoms with Gasteiger partial charge in [0, 0.05) is 6.42 Å². The maximum atomic E-state index is 2.53. The number of allylic oxidation sites excluding steroid dienone is 1. The first-order valence-electron chi connectivity index (χ1n) is 10.8. The molecule has 0 heterocycles. The number of hydrogen-bond donors (Lipinski definition) is 0. The highest BCUT2D eigenvalue weighted by Gasteiger charge is 2.26. The number of hydrogen-bond acceptors (Lipinski definition) is 0. The van der Waals surface area contributed by atoms with Gasteiger partial charge in [0.25, 0.3) is 0 Å². The lowest BCUT2D eigenvalue weighted by atomic mass is 9.93. The molecule has 0 aliphatic heterocycles. The summed E-state index contributed by atoms with van der Waals surface area (Å²) < 4.78 is 0. The molecule has 28 heavy (non-hydrogen) atoms. The van der Waals surface area contributed by atoms with Gasteiger partial charge in [0.05, 0.1) is 16.1 Å². The maximum absolute atomic E-state index is 2.53. The second kappa shape index (κ2) is 7.46. The van der Waals surface area contributed by atoms with Gasteiger partial charge in [0.2, 0.25) is 0 Å². The monoisotopic (exact) mass is 405 g/mol. The zero-order valence-electron chi connectivity index (χ0n) is 19.3. The third kappa shape index (κ3) is 4.13. The lowest BCUT2D eigenvalue weighted by Crippen LogP contribution is -2.45. The summed E-state index contributed by atoms with van der Waals surface area (Å²) in [5, 5.41) is 3.18. The summed E-state index contributed by atoms with van der Waals surface area (Å²) in [6.07, 6.45) is 6.06. The van der Waals surface area contributed by atoms with Crippen LogP contribution < -0.4 is 10.4 Å². The van der Waals surface area contributed by atoms with Gasteiger partial charge >= 0.3 is 0 Å². The highest BCUT2D eigenvalue weighted by molar-refractivity contribution is 6.91. The van der Waals surface area contributed by atoms with Crippen LogP contribution in [0.25, 0.3) is 17.2 Å². The molecule has 2 heteroatoms. The van der Waals surface area contributed by atoms with E-state index in [1.54, 1.807) is 10.4 Å². The van der Waals surface area contributed by atoms with E-state index in [9.17, 15) is 0 Å². The highest BCUT2D eigenvalue weighted by Crippen LogP contribution is 2.39. The molecule has 0 fully saturated rings. The Morgan fingerprint density at radius 3 is 1.93 bits per heavy atom. The van der Waals surface area contributed by atoms with Crippen molar-refractivity contribution in [1.29, 1.82) is 0 Å². The quantitative estimate of drug-likeness (QED) is 0.483. The predicted molar refractivity (Wildman–Crippen MR) is 133 cm³/mol. The van der Waals surface area contributed by atoms with E-state index in [1.165, 1.54) is 39.8 Å². The molecule has 149 valence electrons. The van der Waals surface area contributed by atoms with Gasteiger partial charge in [-0.1, -0.05) is 105 Å². The molecule has 0 saturated heterocycles. The number of benzene rings is 2. The Hall–Kier alpha value is -1.39. The van der Waals surface area contributed by atoms with E-state index in [-0.39, 0.29) is 0 Å². The van der Waals surface area contributed by atoms with E-state index in [4.69, 9.17) is 0 Å². The maximum Gasteiger partial charge on any atom is 0.0776 e. The van der Waals surface area contributed by atoms with Gasteiger partial charge in [0.1, 0.15) is 0 Å². The second-order valence-electron chi connectivity index (χ2n) is 10.7. The Bertz CT molecular complexity index is 888. The second-order valence-corrected chi connectivity index (χ2v) is 20.8. The largest absolute Gasteiger partial charge is 0.0776 e. The van der Waals surface area contributed by atoms with Gasteiger partial charge in [-0.3, -0.25) is 0 Å². The van der Waals surface area contributed by atoms with E-state index in [0.717, 1.165) is 0 Å². The van der Waals surface area contributed by atoms with Crippen LogP contribution in [0.5, 0.6) is 0 Å². The normalized spacial score (nSPS) is 15.4. The third-order valence-corrected chi connectivity index (χ3v) is 10.3. The molecule has 1 radical (unpaired) electrons. The van der Waals surface area contributed by atoms with Crippen LogP contribution in [-0.2, 0) is 0 Å². The standard InChI is InChI=1S/C26H37Si2/c1-10-18(2)21-13-20-12-11-19(3)26(25(20)16-21)22-14-23(27(4,5)6)17-24(15-22)28(7,8)9/h11-18H,10H2,1-9H3.